The van der Waals surface area contributed by atoms with Crippen LogP contribution in [0.25, 0.3) is 10.8 Å². The Balaban J connectivity index is 1.94. The summed E-state index contributed by atoms with van der Waals surface area (Å²) >= 11 is 0. The fraction of sp³-hybridized carbons (Fsp3) is 0.136. The average Bonchev–Trinajstić information content (AvgIpc) is 2.73. The van der Waals surface area contributed by atoms with Crippen LogP contribution >= 0.6 is 0 Å². The summed E-state index contributed by atoms with van der Waals surface area (Å²) in [4.78, 5) is 23.3. The smallest absolute Gasteiger partial charge is 0.340 e. The van der Waals surface area contributed by atoms with Crippen molar-refractivity contribution in [2.24, 2.45) is 5.73 Å². The van der Waals surface area contributed by atoms with Crippen molar-refractivity contribution in [3.05, 3.63) is 93.4 Å². The third kappa shape index (κ3) is 3.16. The Labute approximate surface area is 166 Å². The van der Waals surface area contributed by atoms with Crippen LogP contribution in [0.4, 0.5) is 5.69 Å². The molecule has 1 aliphatic heterocycles. The molecule has 0 aromatic heterocycles. The lowest BCUT2D eigenvalue weighted by Crippen LogP contribution is -2.27. The summed E-state index contributed by atoms with van der Waals surface area (Å²) in [6.45, 7) is 1.90. The number of benzene rings is 3. The van der Waals surface area contributed by atoms with E-state index in [1.807, 2.05) is 36.4 Å². The van der Waals surface area contributed by atoms with Crippen LogP contribution in [-0.4, -0.2) is 17.5 Å². The summed E-state index contributed by atoms with van der Waals surface area (Å²) in [5.74, 6) is -0.608. The molecule has 3 aromatic carbocycles. The molecule has 7 nitrogen and oxygen atoms in total. The van der Waals surface area contributed by atoms with Gasteiger partial charge < -0.3 is 15.2 Å². The van der Waals surface area contributed by atoms with Gasteiger partial charge >= 0.3 is 5.97 Å². The molecule has 7 heteroatoms. The number of ether oxygens (including phenoxy) is 2. The number of hydrogen-bond donors (Lipinski definition) is 1. The predicted octanol–water partition coefficient (Wildman–Crippen LogP) is 4.01. The third-order valence-electron chi connectivity index (χ3n) is 4.92. The highest BCUT2D eigenvalue weighted by atomic mass is 16.6. The number of hydrogen-bond acceptors (Lipinski definition) is 6. The lowest BCUT2D eigenvalue weighted by atomic mass is 9.82. The van der Waals surface area contributed by atoms with Crippen LogP contribution in [0.1, 0.15) is 24.0 Å². The van der Waals surface area contributed by atoms with Gasteiger partial charge in [0.1, 0.15) is 11.3 Å². The van der Waals surface area contributed by atoms with Gasteiger partial charge in [-0.1, -0.05) is 48.5 Å². The van der Waals surface area contributed by atoms with Crippen LogP contribution in [-0.2, 0) is 9.53 Å². The van der Waals surface area contributed by atoms with E-state index in [1.54, 1.807) is 19.1 Å². The minimum absolute atomic E-state index is 0.0318. The topological polar surface area (TPSA) is 105 Å². The van der Waals surface area contributed by atoms with E-state index in [1.165, 1.54) is 12.1 Å². The second-order valence-corrected chi connectivity index (χ2v) is 6.59. The van der Waals surface area contributed by atoms with E-state index in [0.29, 0.717) is 11.3 Å². The van der Waals surface area contributed by atoms with E-state index in [2.05, 4.69) is 0 Å². The van der Waals surface area contributed by atoms with E-state index < -0.39 is 16.8 Å². The molecule has 0 amide bonds. The van der Waals surface area contributed by atoms with E-state index in [9.17, 15) is 14.9 Å². The van der Waals surface area contributed by atoms with Crippen molar-refractivity contribution in [1.82, 2.24) is 0 Å². The standard InChI is InChI=1S/C22H18N2O5/c1-2-28-22(25)19-18(14-7-10-15(11-8-14)24(26)27)17-12-9-13-5-3-4-6-16(13)20(17)29-21(19)23/h3-12,18H,2,23H2,1H3. The third-order valence-corrected chi connectivity index (χ3v) is 4.92. The second-order valence-electron chi connectivity index (χ2n) is 6.59. The molecule has 1 unspecified atom stereocenters. The number of non-ortho nitro benzene ring substituents is 1. The van der Waals surface area contributed by atoms with Gasteiger partial charge in [-0.2, -0.15) is 0 Å². The Morgan fingerprint density at radius 3 is 2.55 bits per heavy atom. The molecule has 146 valence electrons. The maximum Gasteiger partial charge on any atom is 0.340 e. The maximum absolute atomic E-state index is 12.7. The first-order chi connectivity index (χ1) is 14.0. The number of esters is 1. The molecule has 1 heterocycles. The highest BCUT2D eigenvalue weighted by molar-refractivity contribution is 5.96. The van der Waals surface area contributed by atoms with Gasteiger partial charge in [-0.25, -0.2) is 4.79 Å². The number of nitrogens with two attached hydrogens (primary N) is 1. The van der Waals surface area contributed by atoms with Gasteiger partial charge in [0.15, 0.2) is 0 Å². The van der Waals surface area contributed by atoms with Gasteiger partial charge in [0.2, 0.25) is 5.88 Å². The fourth-order valence-corrected chi connectivity index (χ4v) is 3.63. The first-order valence-electron chi connectivity index (χ1n) is 9.12. The number of rotatable bonds is 4. The number of nitro benzene ring substituents is 1. The highest BCUT2D eigenvalue weighted by Crippen LogP contribution is 2.46. The molecule has 3 aromatic rings. The lowest BCUT2D eigenvalue weighted by Gasteiger charge is -2.29. The Hall–Kier alpha value is -3.87. The minimum atomic E-state index is -0.577. The summed E-state index contributed by atoms with van der Waals surface area (Å²) < 4.78 is 11.1. The van der Waals surface area contributed by atoms with Crippen molar-refractivity contribution in [3.8, 4) is 5.75 Å². The van der Waals surface area contributed by atoms with Crippen LogP contribution < -0.4 is 10.5 Å². The molecule has 4 rings (SSSR count). The van der Waals surface area contributed by atoms with Gasteiger partial charge in [-0.3, -0.25) is 10.1 Å². The Morgan fingerprint density at radius 1 is 1.14 bits per heavy atom. The van der Waals surface area contributed by atoms with Crippen molar-refractivity contribution in [3.63, 3.8) is 0 Å². The molecule has 1 atom stereocenters. The summed E-state index contributed by atoms with van der Waals surface area (Å²) in [6.07, 6.45) is 0. The molecule has 29 heavy (non-hydrogen) atoms. The van der Waals surface area contributed by atoms with Crippen molar-refractivity contribution >= 4 is 22.4 Å². The van der Waals surface area contributed by atoms with E-state index in [4.69, 9.17) is 15.2 Å². The molecule has 0 radical (unpaired) electrons. The van der Waals surface area contributed by atoms with Crippen molar-refractivity contribution in [2.75, 3.05) is 6.61 Å². The monoisotopic (exact) mass is 390 g/mol. The highest BCUT2D eigenvalue weighted by Gasteiger charge is 2.36. The van der Waals surface area contributed by atoms with Crippen LogP contribution in [0.15, 0.2) is 72.1 Å². The molecule has 0 bridgehead atoms. The molecular weight excluding hydrogens is 372 g/mol. The zero-order valence-electron chi connectivity index (χ0n) is 15.6. The Kier molecular flexibility index (Phi) is 4.64. The molecule has 0 saturated heterocycles. The van der Waals surface area contributed by atoms with Gasteiger partial charge in [0.25, 0.3) is 5.69 Å². The average molecular weight is 390 g/mol. The molecule has 1 aliphatic rings. The number of nitro groups is 1. The molecule has 2 N–H and O–H groups in total. The van der Waals surface area contributed by atoms with E-state index in [-0.39, 0.29) is 23.8 Å². The van der Waals surface area contributed by atoms with E-state index in [0.717, 1.165) is 16.3 Å². The summed E-state index contributed by atoms with van der Waals surface area (Å²) in [5.41, 5.74) is 7.75. The second kappa shape index (κ2) is 7.27. The van der Waals surface area contributed by atoms with Crippen LogP contribution in [0.5, 0.6) is 5.75 Å². The van der Waals surface area contributed by atoms with Crippen LogP contribution in [0.2, 0.25) is 0 Å². The lowest BCUT2D eigenvalue weighted by molar-refractivity contribution is -0.384. The fourth-order valence-electron chi connectivity index (χ4n) is 3.63. The van der Waals surface area contributed by atoms with Gasteiger partial charge in [-0.15, -0.1) is 0 Å². The van der Waals surface area contributed by atoms with E-state index >= 15 is 0 Å². The SMILES string of the molecule is CCOC(=O)C1=C(N)Oc2c(ccc3ccccc23)C1c1ccc([N+](=O)[O-])cc1. The zero-order chi connectivity index (χ0) is 20.5. The Bertz CT molecular complexity index is 1150. The van der Waals surface area contributed by atoms with Crippen molar-refractivity contribution in [2.45, 2.75) is 12.8 Å². The molecule has 0 spiro atoms. The Morgan fingerprint density at radius 2 is 1.86 bits per heavy atom. The van der Waals surface area contributed by atoms with Crippen LogP contribution in [0, 0.1) is 10.1 Å². The van der Waals surface area contributed by atoms with Crippen molar-refractivity contribution < 1.29 is 19.2 Å². The van der Waals surface area contributed by atoms with Gasteiger partial charge in [-0.05, 0) is 17.9 Å². The quantitative estimate of drug-likeness (QED) is 0.410. The molecule has 0 fully saturated rings. The first kappa shape index (κ1) is 18.5. The number of fused-ring (bicyclic) bond motifs is 3. The van der Waals surface area contributed by atoms with Crippen molar-refractivity contribution in [1.29, 1.82) is 0 Å². The largest absolute Gasteiger partial charge is 0.462 e. The molecule has 0 saturated carbocycles. The number of carbonyl (C=O) groups is 1. The molecular formula is C22H18N2O5. The minimum Gasteiger partial charge on any atom is -0.462 e. The van der Waals surface area contributed by atoms with Gasteiger partial charge in [0, 0.05) is 23.1 Å². The van der Waals surface area contributed by atoms with Gasteiger partial charge in [0.05, 0.1) is 17.4 Å². The maximum atomic E-state index is 12.7. The summed E-state index contributed by atoms with van der Waals surface area (Å²) in [7, 11) is 0. The first-order valence-corrected chi connectivity index (χ1v) is 9.12. The molecule has 0 aliphatic carbocycles. The number of carbonyl (C=O) groups excluding carboxylic acids is 1. The summed E-state index contributed by atoms with van der Waals surface area (Å²) in [6, 6.07) is 17.6. The normalized spacial score (nSPS) is 15.6. The summed E-state index contributed by atoms with van der Waals surface area (Å²) in [5, 5.41) is 12.9. The predicted molar refractivity (Wildman–Crippen MR) is 107 cm³/mol. The van der Waals surface area contributed by atoms with Crippen LogP contribution in [0.3, 0.4) is 0 Å². The number of nitrogens with zero attached hydrogens (tertiary/aromatic N) is 1. The zero-order valence-corrected chi connectivity index (χ0v) is 15.6.